The Hall–Kier alpha value is -1.63. The lowest BCUT2D eigenvalue weighted by molar-refractivity contribution is -0.203. The number of alkyl halides is 3. The summed E-state index contributed by atoms with van der Waals surface area (Å²) in [6.45, 7) is 0. The topological polar surface area (TPSA) is 76.2 Å². The molecule has 0 spiro atoms. The maximum atomic E-state index is 12.1. The summed E-state index contributed by atoms with van der Waals surface area (Å²) >= 11 is 0. The number of nitrogens with zero attached hydrogens (tertiary/aromatic N) is 1. The molecule has 1 heterocycles. The van der Waals surface area contributed by atoms with Gasteiger partial charge in [-0.05, 0) is 11.6 Å². The van der Waals surface area contributed by atoms with Crippen molar-refractivity contribution in [2.24, 2.45) is 5.73 Å². The first-order valence-corrected chi connectivity index (χ1v) is 4.31. The zero-order valence-corrected chi connectivity index (χ0v) is 8.03. The van der Waals surface area contributed by atoms with Crippen LogP contribution in [0, 0.1) is 0 Å². The molecule has 0 aliphatic rings. The summed E-state index contributed by atoms with van der Waals surface area (Å²) in [4.78, 5) is 14.4. The molecule has 1 amide bonds. The van der Waals surface area contributed by atoms with Gasteiger partial charge in [0.15, 0.2) is 6.10 Å². The summed E-state index contributed by atoms with van der Waals surface area (Å²) < 4.78 is 36.2. The average molecular weight is 234 g/mol. The Morgan fingerprint density at radius 3 is 2.69 bits per heavy atom. The molecule has 0 aliphatic heterocycles. The third-order valence-electron chi connectivity index (χ3n) is 1.92. The third kappa shape index (κ3) is 2.93. The molecule has 1 rings (SSSR count). The Balaban J connectivity index is 2.93. The number of aromatic nitrogens is 1. The standard InChI is InChI=1S/C9H9F3N2O2/c10-9(11,12)6(15)4-5-2-1-3-14-7(5)8(13)16/h1-3,6,15H,4H2,(H2,13,16). The van der Waals surface area contributed by atoms with Gasteiger partial charge in [-0.25, -0.2) is 0 Å². The number of hydrogen-bond donors (Lipinski definition) is 2. The van der Waals surface area contributed by atoms with E-state index in [1.165, 1.54) is 18.3 Å². The Morgan fingerprint density at radius 1 is 1.56 bits per heavy atom. The van der Waals surface area contributed by atoms with Crippen LogP contribution in [-0.2, 0) is 6.42 Å². The number of pyridine rings is 1. The average Bonchev–Trinajstić information content (AvgIpc) is 2.16. The molecule has 0 saturated heterocycles. The van der Waals surface area contributed by atoms with Crippen molar-refractivity contribution in [1.82, 2.24) is 4.98 Å². The minimum Gasteiger partial charge on any atom is -0.383 e. The molecule has 7 heteroatoms. The Labute approximate surface area is 88.9 Å². The normalized spacial score (nSPS) is 13.5. The molecule has 0 saturated carbocycles. The van der Waals surface area contributed by atoms with E-state index in [0.717, 1.165) is 0 Å². The van der Waals surface area contributed by atoms with Crippen LogP contribution in [0.3, 0.4) is 0 Å². The minimum absolute atomic E-state index is 0.0279. The number of carbonyl (C=O) groups excluding carboxylic acids is 1. The third-order valence-corrected chi connectivity index (χ3v) is 1.92. The van der Waals surface area contributed by atoms with Crippen LogP contribution in [0.25, 0.3) is 0 Å². The molecule has 16 heavy (non-hydrogen) atoms. The molecule has 1 atom stereocenters. The molecule has 0 radical (unpaired) electrons. The number of nitrogens with two attached hydrogens (primary N) is 1. The summed E-state index contributed by atoms with van der Waals surface area (Å²) in [6, 6.07) is 2.63. The summed E-state index contributed by atoms with van der Waals surface area (Å²) in [5.74, 6) is -0.926. The largest absolute Gasteiger partial charge is 0.414 e. The van der Waals surface area contributed by atoms with E-state index in [1.807, 2.05) is 0 Å². The maximum absolute atomic E-state index is 12.1. The molecule has 4 nitrogen and oxygen atoms in total. The summed E-state index contributed by atoms with van der Waals surface area (Å²) in [5, 5.41) is 8.84. The summed E-state index contributed by atoms with van der Waals surface area (Å²) in [5.41, 5.74) is 4.65. The van der Waals surface area contributed by atoms with Crippen molar-refractivity contribution in [2.45, 2.75) is 18.7 Å². The summed E-state index contributed by atoms with van der Waals surface area (Å²) in [7, 11) is 0. The van der Waals surface area contributed by atoms with Crippen molar-refractivity contribution in [3.8, 4) is 0 Å². The SMILES string of the molecule is NC(=O)c1ncccc1CC(O)C(F)(F)F. The van der Waals surface area contributed by atoms with E-state index in [0.29, 0.717) is 0 Å². The number of aliphatic hydroxyl groups is 1. The number of primary amides is 1. The van der Waals surface area contributed by atoms with Gasteiger partial charge in [-0.15, -0.1) is 0 Å². The van der Waals surface area contributed by atoms with Crippen molar-refractivity contribution in [1.29, 1.82) is 0 Å². The zero-order chi connectivity index (χ0) is 12.3. The smallest absolute Gasteiger partial charge is 0.383 e. The second-order valence-corrected chi connectivity index (χ2v) is 3.14. The van der Waals surface area contributed by atoms with Gasteiger partial charge in [0.25, 0.3) is 5.91 Å². The van der Waals surface area contributed by atoms with Crippen molar-refractivity contribution in [2.75, 3.05) is 0 Å². The predicted molar refractivity (Wildman–Crippen MR) is 48.5 cm³/mol. The van der Waals surface area contributed by atoms with E-state index < -0.39 is 24.6 Å². The molecule has 1 unspecified atom stereocenters. The van der Waals surface area contributed by atoms with Crippen LogP contribution in [0.15, 0.2) is 18.3 Å². The van der Waals surface area contributed by atoms with Gasteiger partial charge in [0.2, 0.25) is 0 Å². The highest BCUT2D eigenvalue weighted by atomic mass is 19.4. The molecule has 0 fully saturated rings. The predicted octanol–water partition coefficient (Wildman–Crippen LogP) is 0.646. The monoisotopic (exact) mass is 234 g/mol. The zero-order valence-electron chi connectivity index (χ0n) is 8.03. The van der Waals surface area contributed by atoms with Crippen molar-refractivity contribution in [3.63, 3.8) is 0 Å². The number of hydrogen-bond acceptors (Lipinski definition) is 3. The van der Waals surface area contributed by atoms with Gasteiger partial charge >= 0.3 is 6.18 Å². The summed E-state index contributed by atoms with van der Waals surface area (Å²) in [6.07, 6.45) is -6.76. The number of aliphatic hydroxyl groups excluding tert-OH is 1. The molecule has 88 valence electrons. The van der Waals surface area contributed by atoms with Crippen LogP contribution in [0.1, 0.15) is 16.1 Å². The van der Waals surface area contributed by atoms with Gasteiger partial charge in [0.1, 0.15) is 5.69 Å². The van der Waals surface area contributed by atoms with Crippen LogP contribution in [0.5, 0.6) is 0 Å². The molecule has 0 bridgehead atoms. The lowest BCUT2D eigenvalue weighted by Crippen LogP contribution is -2.31. The van der Waals surface area contributed by atoms with Gasteiger partial charge < -0.3 is 10.8 Å². The lowest BCUT2D eigenvalue weighted by Gasteiger charge is -2.15. The van der Waals surface area contributed by atoms with Crippen molar-refractivity contribution < 1.29 is 23.1 Å². The fraction of sp³-hybridized carbons (Fsp3) is 0.333. The quantitative estimate of drug-likeness (QED) is 0.806. The van der Waals surface area contributed by atoms with Crippen LogP contribution in [-0.4, -0.2) is 28.3 Å². The maximum Gasteiger partial charge on any atom is 0.414 e. The van der Waals surface area contributed by atoms with Crippen LogP contribution in [0.2, 0.25) is 0 Å². The highest BCUT2D eigenvalue weighted by molar-refractivity contribution is 5.92. The van der Waals surface area contributed by atoms with Crippen LogP contribution < -0.4 is 5.73 Å². The highest BCUT2D eigenvalue weighted by Gasteiger charge is 2.38. The lowest BCUT2D eigenvalue weighted by atomic mass is 10.1. The van der Waals surface area contributed by atoms with Gasteiger partial charge in [-0.2, -0.15) is 13.2 Å². The van der Waals surface area contributed by atoms with E-state index in [1.54, 1.807) is 0 Å². The number of amides is 1. The molecule has 0 aromatic carbocycles. The number of halogens is 3. The molecule has 1 aromatic heterocycles. The van der Waals surface area contributed by atoms with Gasteiger partial charge in [0, 0.05) is 12.6 Å². The van der Waals surface area contributed by atoms with E-state index in [-0.39, 0.29) is 11.3 Å². The fourth-order valence-electron chi connectivity index (χ4n) is 1.15. The first-order valence-electron chi connectivity index (χ1n) is 4.31. The van der Waals surface area contributed by atoms with Crippen LogP contribution >= 0.6 is 0 Å². The fourth-order valence-corrected chi connectivity index (χ4v) is 1.15. The van der Waals surface area contributed by atoms with Gasteiger partial charge in [-0.1, -0.05) is 6.07 Å². The first-order chi connectivity index (χ1) is 7.32. The molecular weight excluding hydrogens is 225 g/mol. The minimum atomic E-state index is -4.73. The van der Waals surface area contributed by atoms with Crippen LogP contribution in [0.4, 0.5) is 13.2 Å². The molecular formula is C9H9F3N2O2. The van der Waals surface area contributed by atoms with E-state index >= 15 is 0 Å². The highest BCUT2D eigenvalue weighted by Crippen LogP contribution is 2.23. The first kappa shape index (κ1) is 12.4. The second kappa shape index (κ2) is 4.48. The van der Waals surface area contributed by atoms with Gasteiger partial charge in [0.05, 0.1) is 0 Å². The van der Waals surface area contributed by atoms with E-state index in [9.17, 15) is 18.0 Å². The van der Waals surface area contributed by atoms with Gasteiger partial charge in [-0.3, -0.25) is 9.78 Å². The molecule has 3 N–H and O–H groups in total. The molecule has 1 aromatic rings. The second-order valence-electron chi connectivity index (χ2n) is 3.14. The van der Waals surface area contributed by atoms with E-state index in [4.69, 9.17) is 10.8 Å². The Morgan fingerprint density at radius 2 is 2.19 bits per heavy atom. The van der Waals surface area contributed by atoms with Crippen molar-refractivity contribution in [3.05, 3.63) is 29.6 Å². The Bertz CT molecular complexity index is 393. The van der Waals surface area contributed by atoms with E-state index in [2.05, 4.69) is 4.98 Å². The van der Waals surface area contributed by atoms with Crippen molar-refractivity contribution >= 4 is 5.91 Å². The number of rotatable bonds is 3. The number of carbonyl (C=O) groups is 1. The molecule has 0 aliphatic carbocycles. The Kier molecular flexibility index (Phi) is 3.48.